The quantitative estimate of drug-likeness (QED) is 0.551. The van der Waals surface area contributed by atoms with E-state index in [1.165, 1.54) is 6.92 Å². The number of ether oxygens (including phenoxy) is 3. The summed E-state index contributed by atoms with van der Waals surface area (Å²) in [7, 11) is 0. The van der Waals surface area contributed by atoms with Gasteiger partial charge in [-0.15, -0.1) is 0 Å². The van der Waals surface area contributed by atoms with Gasteiger partial charge in [0.05, 0.1) is 0 Å². The third-order valence-electron chi connectivity index (χ3n) is 1.62. The zero-order chi connectivity index (χ0) is 10.0. The van der Waals surface area contributed by atoms with Gasteiger partial charge < -0.3 is 14.2 Å². The highest BCUT2D eigenvalue weighted by molar-refractivity contribution is 5.88. The van der Waals surface area contributed by atoms with Crippen molar-refractivity contribution in [2.24, 2.45) is 0 Å². The van der Waals surface area contributed by atoms with Crippen LogP contribution in [0.5, 0.6) is 0 Å². The van der Waals surface area contributed by atoms with Crippen LogP contribution in [0.15, 0.2) is 0 Å². The van der Waals surface area contributed by atoms with Crippen LogP contribution >= 0.6 is 0 Å². The molecular weight excluding hydrogens is 176 g/mol. The number of carbonyl (C=O) groups is 2. The van der Waals surface area contributed by atoms with Crippen molar-refractivity contribution in [3.8, 4) is 0 Å². The maximum atomic E-state index is 11.3. The molecule has 1 aliphatic rings. The molecule has 0 N–H and O–H groups in total. The number of carbonyl (C=O) groups excluding carboxylic acids is 2. The lowest BCUT2D eigenvalue weighted by Crippen LogP contribution is -2.46. The Labute approximate surface area is 76.0 Å². The minimum absolute atomic E-state index is 0.367. The number of rotatable bonds is 1. The van der Waals surface area contributed by atoms with E-state index < -0.39 is 24.7 Å². The minimum atomic E-state index is -1.11. The number of hydrogen-bond acceptors (Lipinski definition) is 5. The summed E-state index contributed by atoms with van der Waals surface area (Å²) >= 11 is 0. The molecule has 0 aromatic rings. The fraction of sp³-hybridized carbons (Fsp3) is 0.750. The molecule has 1 fully saturated rings. The summed E-state index contributed by atoms with van der Waals surface area (Å²) in [5, 5.41) is 0. The molecule has 13 heavy (non-hydrogen) atoms. The standard InChI is InChI=1S/C8H12O5/c1-4-7(10)8(12-5(2)9)13-6(3)11-4/h4,6,8H,1-3H3. The average Bonchev–Trinajstić information content (AvgIpc) is 1.98. The Morgan fingerprint density at radius 3 is 2.54 bits per heavy atom. The third-order valence-corrected chi connectivity index (χ3v) is 1.62. The molecule has 3 atom stereocenters. The van der Waals surface area contributed by atoms with Gasteiger partial charge in [0.2, 0.25) is 5.78 Å². The Kier molecular flexibility index (Phi) is 3.00. The zero-order valence-corrected chi connectivity index (χ0v) is 7.77. The molecule has 0 aliphatic carbocycles. The number of hydrogen-bond donors (Lipinski definition) is 0. The SMILES string of the molecule is CC(=O)OC1OC(C)OC(C)C1=O. The van der Waals surface area contributed by atoms with Gasteiger partial charge in [-0.05, 0) is 13.8 Å². The van der Waals surface area contributed by atoms with Gasteiger partial charge in [-0.3, -0.25) is 9.59 Å². The molecule has 0 aromatic carbocycles. The van der Waals surface area contributed by atoms with Crippen LogP contribution in [0, 0.1) is 0 Å². The number of Topliss-reactive ketones (excluding diaryl/α,β-unsaturated/α-hetero) is 1. The van der Waals surface area contributed by atoms with E-state index in [0.717, 1.165) is 0 Å². The Hall–Kier alpha value is -0.940. The lowest BCUT2D eigenvalue weighted by atomic mass is 10.2. The maximum absolute atomic E-state index is 11.3. The normalized spacial score (nSPS) is 34.4. The topological polar surface area (TPSA) is 61.8 Å². The van der Waals surface area contributed by atoms with Crippen molar-refractivity contribution in [3.63, 3.8) is 0 Å². The molecule has 1 saturated heterocycles. The van der Waals surface area contributed by atoms with Crippen LogP contribution in [0.1, 0.15) is 20.8 Å². The number of esters is 1. The molecule has 3 unspecified atom stereocenters. The van der Waals surface area contributed by atoms with E-state index in [-0.39, 0.29) is 5.78 Å². The highest BCUT2D eigenvalue weighted by atomic mass is 16.8. The van der Waals surface area contributed by atoms with E-state index in [1.807, 2.05) is 0 Å². The smallest absolute Gasteiger partial charge is 0.305 e. The van der Waals surface area contributed by atoms with Gasteiger partial charge in [-0.2, -0.15) is 0 Å². The second kappa shape index (κ2) is 3.85. The van der Waals surface area contributed by atoms with E-state index in [2.05, 4.69) is 4.74 Å². The number of ketones is 1. The van der Waals surface area contributed by atoms with Crippen molar-refractivity contribution in [3.05, 3.63) is 0 Å². The van der Waals surface area contributed by atoms with Gasteiger partial charge >= 0.3 is 5.97 Å². The summed E-state index contributed by atoms with van der Waals surface area (Å²) in [5.41, 5.74) is 0. The van der Waals surface area contributed by atoms with Gasteiger partial charge in [-0.1, -0.05) is 0 Å². The summed E-state index contributed by atoms with van der Waals surface area (Å²) in [6.45, 7) is 4.46. The van der Waals surface area contributed by atoms with Crippen LogP contribution in [0.25, 0.3) is 0 Å². The second-order valence-electron chi connectivity index (χ2n) is 2.83. The maximum Gasteiger partial charge on any atom is 0.305 e. The highest BCUT2D eigenvalue weighted by Gasteiger charge is 2.35. The Bertz CT molecular complexity index is 225. The van der Waals surface area contributed by atoms with Crippen LogP contribution in [0.3, 0.4) is 0 Å². The molecule has 5 heteroatoms. The molecule has 0 spiro atoms. The van der Waals surface area contributed by atoms with Crippen LogP contribution in [-0.4, -0.2) is 30.4 Å². The third kappa shape index (κ3) is 2.50. The van der Waals surface area contributed by atoms with Gasteiger partial charge in [0.25, 0.3) is 6.29 Å². The van der Waals surface area contributed by atoms with Crippen LogP contribution in [0.4, 0.5) is 0 Å². The van der Waals surface area contributed by atoms with Gasteiger partial charge in [0.15, 0.2) is 6.29 Å². The van der Waals surface area contributed by atoms with Crippen molar-refractivity contribution in [2.75, 3.05) is 0 Å². The first-order chi connectivity index (χ1) is 6.00. The lowest BCUT2D eigenvalue weighted by Gasteiger charge is -2.30. The van der Waals surface area contributed by atoms with Crippen LogP contribution in [0.2, 0.25) is 0 Å². The van der Waals surface area contributed by atoms with Crippen LogP contribution in [-0.2, 0) is 23.8 Å². The summed E-state index contributed by atoms with van der Waals surface area (Å²) < 4.78 is 14.7. The molecule has 5 nitrogen and oxygen atoms in total. The monoisotopic (exact) mass is 188 g/mol. The van der Waals surface area contributed by atoms with E-state index in [9.17, 15) is 9.59 Å². The molecule has 0 aromatic heterocycles. The molecule has 0 radical (unpaired) electrons. The summed E-state index contributed by atoms with van der Waals surface area (Å²) in [4.78, 5) is 21.9. The van der Waals surface area contributed by atoms with Gasteiger partial charge in [-0.25, -0.2) is 0 Å². The molecular formula is C8H12O5. The average molecular weight is 188 g/mol. The van der Waals surface area contributed by atoms with E-state index in [1.54, 1.807) is 13.8 Å². The van der Waals surface area contributed by atoms with Crippen molar-refractivity contribution in [1.29, 1.82) is 0 Å². The highest BCUT2D eigenvalue weighted by Crippen LogP contribution is 2.15. The molecule has 0 saturated carbocycles. The predicted octanol–water partition coefficient (Wildman–Crippen LogP) is 0.226. The van der Waals surface area contributed by atoms with Gasteiger partial charge in [0.1, 0.15) is 6.10 Å². The fourth-order valence-electron chi connectivity index (χ4n) is 1.06. The first-order valence-corrected chi connectivity index (χ1v) is 4.02. The molecule has 0 bridgehead atoms. The van der Waals surface area contributed by atoms with Crippen molar-refractivity contribution in [2.45, 2.75) is 39.5 Å². The lowest BCUT2D eigenvalue weighted by molar-refractivity contribution is -0.267. The predicted molar refractivity (Wildman–Crippen MR) is 41.7 cm³/mol. The van der Waals surface area contributed by atoms with Crippen molar-refractivity contribution in [1.82, 2.24) is 0 Å². The van der Waals surface area contributed by atoms with E-state index in [4.69, 9.17) is 9.47 Å². The molecule has 74 valence electrons. The zero-order valence-electron chi connectivity index (χ0n) is 7.77. The van der Waals surface area contributed by atoms with Crippen molar-refractivity contribution >= 4 is 11.8 Å². The first kappa shape index (κ1) is 10.1. The van der Waals surface area contributed by atoms with E-state index >= 15 is 0 Å². The minimum Gasteiger partial charge on any atom is -0.428 e. The van der Waals surface area contributed by atoms with Crippen molar-refractivity contribution < 1.29 is 23.8 Å². The fourth-order valence-corrected chi connectivity index (χ4v) is 1.06. The molecule has 1 heterocycles. The van der Waals surface area contributed by atoms with Gasteiger partial charge in [0, 0.05) is 6.92 Å². The molecule has 0 amide bonds. The Morgan fingerprint density at radius 2 is 2.00 bits per heavy atom. The summed E-state index contributed by atoms with van der Waals surface area (Å²) in [6.07, 6.45) is -2.23. The first-order valence-electron chi connectivity index (χ1n) is 4.02. The summed E-state index contributed by atoms with van der Waals surface area (Å²) in [6, 6.07) is 0. The van der Waals surface area contributed by atoms with Crippen LogP contribution < -0.4 is 0 Å². The second-order valence-corrected chi connectivity index (χ2v) is 2.83. The Morgan fingerprint density at radius 1 is 1.38 bits per heavy atom. The molecule has 1 rings (SSSR count). The summed E-state index contributed by atoms with van der Waals surface area (Å²) in [5.74, 6) is -0.909. The van der Waals surface area contributed by atoms with E-state index in [0.29, 0.717) is 0 Å². The Balaban J connectivity index is 2.61. The molecule has 1 aliphatic heterocycles. The largest absolute Gasteiger partial charge is 0.428 e.